The minimum atomic E-state index is -0.117. The molecule has 2 N–H and O–H groups in total. The van der Waals surface area contributed by atoms with Crippen LogP contribution in [0.5, 0.6) is 0 Å². The molecule has 0 spiro atoms. The molecule has 84 valence electrons. The third-order valence-corrected chi connectivity index (χ3v) is 3.29. The number of piperazine rings is 1. The first kappa shape index (κ1) is 12.6. The Morgan fingerprint density at radius 1 is 1.73 bits per heavy atom. The second-order valence-corrected chi connectivity index (χ2v) is 4.55. The first-order valence-corrected chi connectivity index (χ1v) is 6.15. The molecule has 3 nitrogen and oxygen atoms in total. The van der Waals surface area contributed by atoms with Crippen molar-refractivity contribution in [1.29, 1.82) is 0 Å². The highest BCUT2D eigenvalue weighted by atomic mass is 79.9. The molecule has 1 heterocycles. The largest absolute Gasteiger partial charge is 0.376 e. The van der Waals surface area contributed by atoms with Gasteiger partial charge < -0.3 is 10.6 Å². The summed E-state index contributed by atoms with van der Waals surface area (Å²) in [5.41, 5.74) is 1.00. The van der Waals surface area contributed by atoms with Crippen molar-refractivity contribution >= 4 is 33.4 Å². The van der Waals surface area contributed by atoms with Gasteiger partial charge in [0, 0.05) is 10.2 Å². The van der Waals surface area contributed by atoms with Gasteiger partial charge in [0.1, 0.15) is 6.04 Å². The summed E-state index contributed by atoms with van der Waals surface area (Å²) in [4.78, 5) is 11.3. The normalized spacial score (nSPS) is 25.0. The van der Waals surface area contributed by atoms with E-state index in [4.69, 9.17) is 11.6 Å². The lowest BCUT2D eigenvalue weighted by Gasteiger charge is -2.25. The van der Waals surface area contributed by atoms with Crippen molar-refractivity contribution in [1.82, 2.24) is 10.6 Å². The van der Waals surface area contributed by atoms with Crippen molar-refractivity contribution in [2.75, 3.05) is 12.4 Å². The van der Waals surface area contributed by atoms with Gasteiger partial charge in [-0.15, -0.1) is 11.6 Å². The second-order valence-electron chi connectivity index (χ2n) is 3.26. The van der Waals surface area contributed by atoms with E-state index in [0.29, 0.717) is 12.4 Å². The lowest BCUT2D eigenvalue weighted by Crippen LogP contribution is -2.51. The third-order valence-electron chi connectivity index (χ3n) is 2.13. The van der Waals surface area contributed by atoms with E-state index in [-0.39, 0.29) is 11.9 Å². The van der Waals surface area contributed by atoms with E-state index in [1.54, 1.807) is 0 Å². The zero-order chi connectivity index (χ0) is 11.3. The molecule has 1 unspecified atom stereocenters. The van der Waals surface area contributed by atoms with Crippen molar-refractivity contribution in [3.8, 4) is 0 Å². The second kappa shape index (κ2) is 6.18. The van der Waals surface area contributed by atoms with Crippen LogP contribution in [0.4, 0.5) is 0 Å². The Morgan fingerprint density at radius 3 is 3.07 bits per heavy atom. The fourth-order valence-electron chi connectivity index (χ4n) is 1.28. The SMILES string of the molecule is CCC1N/C(=C/C=C(/Br)CCl)CNC1=O. The maximum atomic E-state index is 11.3. The lowest BCUT2D eigenvalue weighted by atomic mass is 10.1. The molecule has 0 bridgehead atoms. The smallest absolute Gasteiger partial charge is 0.242 e. The van der Waals surface area contributed by atoms with Crippen LogP contribution in [-0.4, -0.2) is 24.4 Å². The summed E-state index contributed by atoms with van der Waals surface area (Å²) in [6.45, 7) is 2.53. The number of carbonyl (C=O) groups excluding carboxylic acids is 1. The molecule has 1 aliphatic rings. The number of nitrogens with one attached hydrogen (secondary N) is 2. The Labute approximate surface area is 103 Å². The van der Waals surface area contributed by atoms with Crippen LogP contribution in [0.25, 0.3) is 0 Å². The summed E-state index contributed by atoms with van der Waals surface area (Å²) in [6.07, 6.45) is 4.59. The van der Waals surface area contributed by atoms with Gasteiger partial charge in [0.15, 0.2) is 0 Å². The topological polar surface area (TPSA) is 41.1 Å². The number of allylic oxidation sites excluding steroid dienone is 3. The molecular formula is C10H14BrClN2O. The minimum Gasteiger partial charge on any atom is -0.376 e. The van der Waals surface area contributed by atoms with Crippen molar-refractivity contribution in [2.24, 2.45) is 0 Å². The molecule has 0 radical (unpaired) electrons. The van der Waals surface area contributed by atoms with Crippen LogP contribution < -0.4 is 10.6 Å². The predicted octanol–water partition coefficient (Wildman–Crippen LogP) is 1.89. The summed E-state index contributed by atoms with van der Waals surface area (Å²) in [6, 6.07) is -0.117. The van der Waals surface area contributed by atoms with Crippen molar-refractivity contribution < 1.29 is 4.79 Å². The summed E-state index contributed by atoms with van der Waals surface area (Å²) >= 11 is 8.93. The molecule has 0 aliphatic carbocycles. The van der Waals surface area contributed by atoms with Crippen LogP contribution in [-0.2, 0) is 4.79 Å². The molecule has 15 heavy (non-hydrogen) atoms. The van der Waals surface area contributed by atoms with Gasteiger partial charge in [0.25, 0.3) is 0 Å². The van der Waals surface area contributed by atoms with Gasteiger partial charge in [-0.25, -0.2) is 0 Å². The van der Waals surface area contributed by atoms with Crippen LogP contribution in [0.2, 0.25) is 0 Å². The van der Waals surface area contributed by atoms with Crippen molar-refractivity contribution in [3.63, 3.8) is 0 Å². The molecule has 1 atom stereocenters. The zero-order valence-electron chi connectivity index (χ0n) is 8.52. The number of hydrogen-bond donors (Lipinski definition) is 2. The molecule has 1 amide bonds. The maximum absolute atomic E-state index is 11.3. The van der Waals surface area contributed by atoms with Crippen LogP contribution in [0.1, 0.15) is 13.3 Å². The van der Waals surface area contributed by atoms with Gasteiger partial charge in [-0.05, 0) is 18.6 Å². The van der Waals surface area contributed by atoms with Gasteiger partial charge >= 0.3 is 0 Å². The highest BCUT2D eigenvalue weighted by Gasteiger charge is 2.21. The number of rotatable bonds is 3. The Kier molecular flexibility index (Phi) is 5.19. The van der Waals surface area contributed by atoms with Crippen molar-refractivity contribution in [2.45, 2.75) is 19.4 Å². The van der Waals surface area contributed by atoms with Gasteiger partial charge in [0.05, 0.1) is 12.4 Å². The molecule has 1 saturated heterocycles. The molecule has 0 saturated carbocycles. The van der Waals surface area contributed by atoms with E-state index in [9.17, 15) is 4.79 Å². The third kappa shape index (κ3) is 3.87. The molecule has 0 aromatic rings. The Hall–Kier alpha value is -0.480. The van der Waals surface area contributed by atoms with Gasteiger partial charge in [-0.3, -0.25) is 4.79 Å². The fourth-order valence-corrected chi connectivity index (χ4v) is 1.50. The van der Waals surface area contributed by atoms with Crippen LogP contribution in [0.15, 0.2) is 22.3 Å². The first-order chi connectivity index (χ1) is 7.17. The Bertz CT molecular complexity index is 302. The zero-order valence-corrected chi connectivity index (χ0v) is 10.9. The summed E-state index contributed by atoms with van der Waals surface area (Å²) in [5.74, 6) is 0.517. The Balaban J connectivity index is 2.62. The lowest BCUT2D eigenvalue weighted by molar-refractivity contribution is -0.123. The number of carbonyl (C=O) groups is 1. The van der Waals surface area contributed by atoms with Gasteiger partial charge in [0.2, 0.25) is 5.91 Å². The highest BCUT2D eigenvalue weighted by molar-refractivity contribution is 9.11. The van der Waals surface area contributed by atoms with E-state index in [2.05, 4.69) is 26.6 Å². The van der Waals surface area contributed by atoms with Crippen LogP contribution in [0, 0.1) is 0 Å². The summed E-state index contributed by atoms with van der Waals surface area (Å²) in [5, 5.41) is 6.00. The van der Waals surface area contributed by atoms with Crippen LogP contribution in [0.3, 0.4) is 0 Å². The molecule has 1 aliphatic heterocycles. The van der Waals surface area contributed by atoms with Crippen LogP contribution >= 0.6 is 27.5 Å². The fraction of sp³-hybridized carbons (Fsp3) is 0.500. The molecule has 0 aromatic heterocycles. The minimum absolute atomic E-state index is 0.0649. The van der Waals surface area contributed by atoms with E-state index in [0.717, 1.165) is 16.6 Å². The molecule has 5 heteroatoms. The highest BCUT2D eigenvalue weighted by Crippen LogP contribution is 2.09. The number of halogens is 2. The molecular weight excluding hydrogens is 279 g/mol. The van der Waals surface area contributed by atoms with E-state index >= 15 is 0 Å². The molecule has 1 fully saturated rings. The standard InChI is InChI=1S/C10H14BrClN2O/c1-2-9-10(15)13-6-8(14-9)4-3-7(11)5-12/h3-4,9,14H,2,5-6H2,1H3,(H,13,15)/b7-3+,8-4+. The molecule has 1 rings (SSSR count). The van der Waals surface area contributed by atoms with E-state index in [1.165, 1.54) is 0 Å². The van der Waals surface area contributed by atoms with Crippen molar-refractivity contribution in [3.05, 3.63) is 22.3 Å². The van der Waals surface area contributed by atoms with E-state index < -0.39 is 0 Å². The quantitative estimate of drug-likeness (QED) is 0.780. The predicted molar refractivity (Wildman–Crippen MR) is 66.0 cm³/mol. The molecule has 0 aromatic carbocycles. The maximum Gasteiger partial charge on any atom is 0.242 e. The number of alkyl halides is 1. The average Bonchev–Trinajstić information content (AvgIpc) is 2.27. The van der Waals surface area contributed by atoms with Gasteiger partial charge in [-0.1, -0.05) is 22.9 Å². The summed E-state index contributed by atoms with van der Waals surface area (Å²) < 4.78 is 0.920. The average molecular weight is 294 g/mol. The van der Waals surface area contributed by atoms with E-state index in [1.807, 2.05) is 19.1 Å². The Morgan fingerprint density at radius 2 is 2.47 bits per heavy atom. The van der Waals surface area contributed by atoms with Gasteiger partial charge in [-0.2, -0.15) is 0 Å². The number of hydrogen-bond acceptors (Lipinski definition) is 2. The summed E-state index contributed by atoms with van der Waals surface area (Å²) in [7, 11) is 0. The first-order valence-electron chi connectivity index (χ1n) is 4.82. The monoisotopic (exact) mass is 292 g/mol. The number of amides is 1.